The molecular formula is C15H27NO. The van der Waals surface area contributed by atoms with Gasteiger partial charge >= 0.3 is 0 Å². The Bertz CT molecular complexity index is 287. The van der Waals surface area contributed by atoms with E-state index < -0.39 is 0 Å². The van der Waals surface area contributed by atoms with Crippen LogP contribution in [0, 0.1) is 17.8 Å². The average molecular weight is 237 g/mol. The van der Waals surface area contributed by atoms with Gasteiger partial charge in [-0.15, -0.1) is 0 Å². The van der Waals surface area contributed by atoms with Crippen LogP contribution < -0.4 is 0 Å². The summed E-state index contributed by atoms with van der Waals surface area (Å²) < 4.78 is 0. The maximum absolute atomic E-state index is 5.42. The maximum atomic E-state index is 5.42. The van der Waals surface area contributed by atoms with Crippen LogP contribution in [0.3, 0.4) is 0 Å². The molecule has 0 bridgehead atoms. The van der Waals surface area contributed by atoms with Gasteiger partial charge in [-0.1, -0.05) is 31.5 Å². The van der Waals surface area contributed by atoms with Gasteiger partial charge in [0.15, 0.2) is 0 Å². The Labute approximate surface area is 106 Å². The quantitative estimate of drug-likeness (QED) is 0.403. The number of allylic oxidation sites excluding steroid dienone is 1. The van der Waals surface area contributed by atoms with E-state index in [2.05, 4.69) is 45.9 Å². The zero-order valence-corrected chi connectivity index (χ0v) is 12.0. The Hall–Kier alpha value is -0.790. The van der Waals surface area contributed by atoms with E-state index in [1.165, 1.54) is 24.1 Å². The molecule has 0 aromatic rings. The minimum absolute atomic E-state index is 0.602. The van der Waals surface area contributed by atoms with Gasteiger partial charge in [-0.2, -0.15) is 0 Å². The third-order valence-electron chi connectivity index (χ3n) is 3.51. The second-order valence-electron chi connectivity index (χ2n) is 5.90. The van der Waals surface area contributed by atoms with Crippen molar-refractivity contribution in [2.75, 3.05) is 6.61 Å². The van der Waals surface area contributed by atoms with Gasteiger partial charge in [-0.3, -0.25) is 0 Å². The van der Waals surface area contributed by atoms with E-state index in [9.17, 15) is 0 Å². The summed E-state index contributed by atoms with van der Waals surface area (Å²) in [4.78, 5) is 5.42. The molecule has 98 valence electrons. The van der Waals surface area contributed by atoms with E-state index in [4.69, 9.17) is 4.84 Å². The summed E-state index contributed by atoms with van der Waals surface area (Å²) in [5.74, 6) is 2.06. The maximum Gasteiger partial charge on any atom is 0.135 e. The van der Waals surface area contributed by atoms with Crippen molar-refractivity contribution in [3.8, 4) is 0 Å². The van der Waals surface area contributed by atoms with Gasteiger partial charge in [0.1, 0.15) is 6.61 Å². The molecule has 17 heavy (non-hydrogen) atoms. The largest absolute Gasteiger partial charge is 0.392 e. The van der Waals surface area contributed by atoms with Gasteiger partial charge in [-0.25, -0.2) is 0 Å². The molecule has 1 rings (SSSR count). The van der Waals surface area contributed by atoms with Crippen LogP contribution in [0.25, 0.3) is 0 Å². The van der Waals surface area contributed by atoms with E-state index in [0.717, 1.165) is 12.3 Å². The smallest absolute Gasteiger partial charge is 0.135 e. The Balaban J connectivity index is 2.56. The van der Waals surface area contributed by atoms with Crippen molar-refractivity contribution in [1.82, 2.24) is 0 Å². The highest BCUT2D eigenvalue weighted by Crippen LogP contribution is 2.31. The molecule has 1 aliphatic rings. The van der Waals surface area contributed by atoms with Crippen LogP contribution >= 0.6 is 0 Å². The minimum Gasteiger partial charge on any atom is -0.392 e. The molecule has 1 saturated carbocycles. The number of hydrogen-bond donors (Lipinski definition) is 0. The molecule has 2 atom stereocenters. The number of nitrogens with zero attached hydrogens (tertiary/aromatic N) is 1. The van der Waals surface area contributed by atoms with E-state index in [1.807, 2.05) is 0 Å². The predicted molar refractivity (Wildman–Crippen MR) is 74.2 cm³/mol. The summed E-state index contributed by atoms with van der Waals surface area (Å²) in [6.07, 6.45) is 5.78. The monoisotopic (exact) mass is 237 g/mol. The highest BCUT2D eigenvalue weighted by Gasteiger charge is 2.27. The highest BCUT2D eigenvalue weighted by molar-refractivity contribution is 5.87. The topological polar surface area (TPSA) is 21.6 Å². The van der Waals surface area contributed by atoms with E-state index >= 15 is 0 Å². The first kappa shape index (κ1) is 14.3. The predicted octanol–water partition coefficient (Wildman–Crippen LogP) is 4.42. The average Bonchev–Trinajstić information content (AvgIpc) is 2.23. The zero-order valence-electron chi connectivity index (χ0n) is 12.0. The van der Waals surface area contributed by atoms with Gasteiger partial charge in [0, 0.05) is 5.92 Å². The fraction of sp³-hybridized carbons (Fsp3) is 0.800. The van der Waals surface area contributed by atoms with Crippen LogP contribution in [0.5, 0.6) is 0 Å². The third kappa shape index (κ3) is 4.93. The van der Waals surface area contributed by atoms with E-state index in [0.29, 0.717) is 18.4 Å². The Morgan fingerprint density at radius 2 is 2.12 bits per heavy atom. The lowest BCUT2D eigenvalue weighted by Crippen LogP contribution is -2.28. The second kappa shape index (κ2) is 6.83. The third-order valence-corrected chi connectivity index (χ3v) is 3.51. The summed E-state index contributed by atoms with van der Waals surface area (Å²) >= 11 is 0. The van der Waals surface area contributed by atoms with Gasteiger partial charge in [-0.05, 0) is 51.0 Å². The zero-order chi connectivity index (χ0) is 12.8. The molecular weight excluding hydrogens is 210 g/mol. The molecule has 0 heterocycles. The van der Waals surface area contributed by atoms with Crippen molar-refractivity contribution in [2.24, 2.45) is 22.9 Å². The SMILES string of the molecule is CC(C)=CCO/N=C1\C[C@H](C)CC[C@H]1C(C)C. The molecule has 0 saturated heterocycles. The molecule has 2 nitrogen and oxygen atoms in total. The Morgan fingerprint density at radius 3 is 2.71 bits per heavy atom. The molecule has 0 aromatic heterocycles. The lowest BCUT2D eigenvalue weighted by molar-refractivity contribution is 0.167. The Morgan fingerprint density at radius 1 is 1.41 bits per heavy atom. The number of rotatable bonds is 4. The molecule has 0 unspecified atom stereocenters. The van der Waals surface area contributed by atoms with Crippen molar-refractivity contribution >= 4 is 5.71 Å². The number of oxime groups is 1. The summed E-state index contributed by atoms with van der Waals surface area (Å²) in [7, 11) is 0. The van der Waals surface area contributed by atoms with Crippen LogP contribution in [0.4, 0.5) is 0 Å². The lowest BCUT2D eigenvalue weighted by atomic mass is 9.76. The van der Waals surface area contributed by atoms with Crippen LogP contribution in [0.15, 0.2) is 16.8 Å². The molecule has 2 heteroatoms. The first-order chi connectivity index (χ1) is 8.00. The van der Waals surface area contributed by atoms with Crippen molar-refractivity contribution < 1.29 is 4.84 Å². The molecule has 1 aliphatic carbocycles. The molecule has 1 fully saturated rings. The first-order valence-corrected chi connectivity index (χ1v) is 6.82. The van der Waals surface area contributed by atoms with E-state index in [-0.39, 0.29) is 0 Å². The van der Waals surface area contributed by atoms with Crippen LogP contribution in [0.1, 0.15) is 53.9 Å². The van der Waals surface area contributed by atoms with Gasteiger partial charge in [0.05, 0.1) is 5.71 Å². The first-order valence-electron chi connectivity index (χ1n) is 6.82. The molecule has 0 N–H and O–H groups in total. The lowest BCUT2D eigenvalue weighted by Gasteiger charge is -2.30. The highest BCUT2D eigenvalue weighted by atomic mass is 16.6. The van der Waals surface area contributed by atoms with E-state index in [1.54, 1.807) is 0 Å². The van der Waals surface area contributed by atoms with Gasteiger partial charge < -0.3 is 4.84 Å². The summed E-state index contributed by atoms with van der Waals surface area (Å²) in [6, 6.07) is 0. The van der Waals surface area contributed by atoms with Crippen molar-refractivity contribution in [3.05, 3.63) is 11.6 Å². The standard InChI is InChI=1S/C15H27NO/c1-11(2)8-9-17-16-15-10-13(5)6-7-14(15)12(3)4/h8,12-14H,6-7,9-10H2,1-5H3/b16-15+/t13-,14+/m1/s1. The molecule has 0 aliphatic heterocycles. The van der Waals surface area contributed by atoms with Gasteiger partial charge in [0.25, 0.3) is 0 Å². The summed E-state index contributed by atoms with van der Waals surface area (Å²) in [6.45, 7) is 11.6. The van der Waals surface area contributed by atoms with Crippen LogP contribution in [0.2, 0.25) is 0 Å². The second-order valence-corrected chi connectivity index (χ2v) is 5.90. The van der Waals surface area contributed by atoms with Crippen molar-refractivity contribution in [1.29, 1.82) is 0 Å². The minimum atomic E-state index is 0.602. The summed E-state index contributed by atoms with van der Waals surface area (Å²) in [5.41, 5.74) is 2.56. The normalized spacial score (nSPS) is 27.3. The van der Waals surface area contributed by atoms with Gasteiger partial charge in [0.2, 0.25) is 0 Å². The molecule has 0 aromatic carbocycles. The fourth-order valence-electron chi connectivity index (χ4n) is 2.39. The van der Waals surface area contributed by atoms with Crippen LogP contribution in [-0.2, 0) is 4.84 Å². The van der Waals surface area contributed by atoms with Crippen molar-refractivity contribution in [2.45, 2.75) is 53.9 Å². The fourth-order valence-corrected chi connectivity index (χ4v) is 2.39. The summed E-state index contributed by atoms with van der Waals surface area (Å²) in [5, 5.41) is 4.38. The number of hydrogen-bond acceptors (Lipinski definition) is 2. The van der Waals surface area contributed by atoms with Crippen LogP contribution in [-0.4, -0.2) is 12.3 Å². The molecule has 0 radical (unpaired) electrons. The molecule has 0 spiro atoms. The molecule has 0 amide bonds. The Kier molecular flexibility index (Phi) is 5.73. The van der Waals surface area contributed by atoms with Crippen molar-refractivity contribution in [3.63, 3.8) is 0 Å².